The highest BCUT2D eigenvalue weighted by Crippen LogP contribution is 2.62. The van der Waals surface area contributed by atoms with Crippen LogP contribution in [-0.2, 0) is 11.2 Å². The van der Waals surface area contributed by atoms with Gasteiger partial charge in [-0.3, -0.25) is 0 Å². The third-order valence-corrected chi connectivity index (χ3v) is 13.1. The molecule has 49 heavy (non-hydrogen) atoms. The molecule has 0 atom stereocenters. The lowest BCUT2D eigenvalue weighted by Crippen LogP contribution is -2.26. The van der Waals surface area contributed by atoms with Gasteiger partial charge >= 0.3 is 0 Å². The van der Waals surface area contributed by atoms with E-state index in [1.165, 1.54) is 11.3 Å². The van der Waals surface area contributed by atoms with Gasteiger partial charge in [-0.15, -0.1) is 11.3 Å². The molecule has 6 aromatic carbocycles. The summed E-state index contributed by atoms with van der Waals surface area (Å²) in [7, 11) is 0. The van der Waals surface area contributed by atoms with Gasteiger partial charge in [0.2, 0.25) is 0 Å². The summed E-state index contributed by atoms with van der Waals surface area (Å²) >= 11 is 16.3. The van der Waals surface area contributed by atoms with E-state index in [2.05, 4.69) is 112 Å². The van der Waals surface area contributed by atoms with Crippen molar-refractivity contribution in [3.63, 3.8) is 0 Å². The molecule has 238 valence electrons. The zero-order valence-electron chi connectivity index (χ0n) is 25.5. The zero-order chi connectivity index (χ0) is 33.7. The van der Waals surface area contributed by atoms with Crippen molar-refractivity contribution in [3.8, 4) is 44.5 Å². The molecule has 2 nitrogen and oxygen atoms in total. The highest BCUT2D eigenvalue weighted by Gasteiger charge is 2.51. The second-order valence-electron chi connectivity index (χ2n) is 12.4. The minimum absolute atomic E-state index is 0.747. The third kappa shape index (κ3) is 4.67. The third-order valence-electron chi connectivity index (χ3n) is 9.76. The lowest BCUT2D eigenvalue weighted by atomic mass is 9.81. The van der Waals surface area contributed by atoms with Crippen molar-refractivity contribution in [2.24, 2.45) is 0 Å². The van der Waals surface area contributed by atoms with Gasteiger partial charge in [0, 0.05) is 51.3 Å². The van der Waals surface area contributed by atoms with Gasteiger partial charge < -0.3 is 10.2 Å². The van der Waals surface area contributed by atoms with Crippen LogP contribution in [0, 0.1) is 0 Å². The largest absolute Gasteiger partial charge is 0.375 e. The quantitative estimate of drug-likeness (QED) is 0.185. The summed E-state index contributed by atoms with van der Waals surface area (Å²) in [6.07, 6.45) is 0. The van der Waals surface area contributed by atoms with Gasteiger partial charge in [0.15, 0.2) is 11.2 Å². The molecule has 7 heteroatoms. The molecule has 0 spiro atoms. The molecule has 2 N–H and O–H groups in total. The smallest absolute Gasteiger partial charge is 0.151 e. The molecule has 0 saturated heterocycles. The van der Waals surface area contributed by atoms with E-state index in [9.17, 15) is 10.2 Å². The molecular weight excluding hydrogens is 888 g/mol. The Morgan fingerprint density at radius 3 is 0.959 bits per heavy atom. The van der Waals surface area contributed by atoms with Crippen LogP contribution in [0.5, 0.6) is 0 Å². The maximum atomic E-state index is 13.6. The van der Waals surface area contributed by atoms with Crippen molar-refractivity contribution in [2.75, 3.05) is 0 Å². The Balaban J connectivity index is 1.48. The van der Waals surface area contributed by atoms with Crippen LogP contribution in [0.25, 0.3) is 44.5 Å². The first-order valence-corrected chi connectivity index (χ1v) is 19.6. The number of fused-ring (bicyclic) bond motifs is 6. The fourth-order valence-corrected chi connectivity index (χ4v) is 10.7. The average molecular weight is 912 g/mol. The van der Waals surface area contributed by atoms with Crippen LogP contribution in [0.15, 0.2) is 151 Å². The minimum Gasteiger partial charge on any atom is -0.375 e. The van der Waals surface area contributed by atoms with E-state index in [0.717, 1.165) is 94.4 Å². The van der Waals surface area contributed by atoms with Crippen molar-refractivity contribution in [3.05, 3.63) is 183 Å². The molecule has 1 heterocycles. The number of aliphatic hydroxyl groups is 2. The number of hydrogen-bond donors (Lipinski definition) is 2. The fourth-order valence-electron chi connectivity index (χ4n) is 7.68. The Labute approximate surface area is 321 Å². The van der Waals surface area contributed by atoms with Crippen LogP contribution in [-0.4, -0.2) is 10.2 Å². The molecule has 2 aliphatic rings. The Kier molecular flexibility index (Phi) is 7.60. The van der Waals surface area contributed by atoms with E-state index in [-0.39, 0.29) is 0 Å². The Morgan fingerprint density at radius 1 is 0.388 bits per heavy atom. The Morgan fingerprint density at radius 2 is 0.673 bits per heavy atom. The lowest BCUT2D eigenvalue weighted by molar-refractivity contribution is 0.134. The van der Waals surface area contributed by atoms with E-state index in [1.807, 2.05) is 84.9 Å². The predicted molar refractivity (Wildman–Crippen MR) is 214 cm³/mol. The van der Waals surface area contributed by atoms with Crippen LogP contribution in [0.2, 0.25) is 0 Å². The first-order chi connectivity index (χ1) is 23.7. The summed E-state index contributed by atoms with van der Waals surface area (Å²) in [5.41, 5.74) is 7.72. The predicted octanol–water partition coefficient (Wildman–Crippen LogP) is 12.7. The van der Waals surface area contributed by atoms with Gasteiger partial charge in [0.25, 0.3) is 0 Å². The lowest BCUT2D eigenvalue weighted by Gasteiger charge is -2.28. The van der Waals surface area contributed by atoms with E-state index in [0.29, 0.717) is 0 Å². The monoisotopic (exact) mass is 908 g/mol. The SMILES string of the molecule is OC1(c2sc(C3(O)c4cc(Br)ccc4-c4ccc(Br)cc43)c(-c3ccccc3)c2-c2ccccc2)c2cc(Br)ccc2-c2ccc(Br)cc21. The molecule has 7 aromatic rings. The summed E-state index contributed by atoms with van der Waals surface area (Å²) in [4.78, 5) is 1.49. The molecule has 0 unspecified atom stereocenters. The summed E-state index contributed by atoms with van der Waals surface area (Å²) in [5.74, 6) is 0. The maximum absolute atomic E-state index is 13.6. The number of benzene rings is 6. The standard InChI is InChI=1S/C42H24Br4O2S/c43-25-11-15-29-30-16-12-26(44)20-34(30)41(47,33(29)19-25)39-37(23-7-3-1-4-8-23)38(24-9-5-2-6-10-24)40(49-39)42(48)35-21-27(45)13-17-31(35)32-18-14-28(46)22-36(32)42/h1-22,47-48H. The second kappa shape index (κ2) is 11.7. The number of halogens is 4. The second-order valence-corrected chi connectivity index (χ2v) is 17.1. The average Bonchev–Trinajstić information content (AvgIpc) is 3.71. The van der Waals surface area contributed by atoms with Crippen molar-refractivity contribution < 1.29 is 10.2 Å². The fraction of sp³-hybridized carbons (Fsp3) is 0.0476. The number of rotatable bonds is 4. The van der Waals surface area contributed by atoms with Crippen molar-refractivity contribution in [1.82, 2.24) is 0 Å². The van der Waals surface area contributed by atoms with Gasteiger partial charge in [-0.05, 0) is 81.9 Å². The van der Waals surface area contributed by atoms with Gasteiger partial charge in [0.1, 0.15) is 0 Å². The molecule has 0 radical (unpaired) electrons. The van der Waals surface area contributed by atoms with Crippen LogP contribution in [0.3, 0.4) is 0 Å². The first kappa shape index (κ1) is 31.8. The van der Waals surface area contributed by atoms with Crippen molar-refractivity contribution in [2.45, 2.75) is 11.2 Å². The highest BCUT2D eigenvalue weighted by atomic mass is 79.9. The van der Waals surface area contributed by atoms with Crippen LogP contribution in [0.1, 0.15) is 32.0 Å². The topological polar surface area (TPSA) is 40.5 Å². The van der Waals surface area contributed by atoms with Gasteiger partial charge in [-0.2, -0.15) is 0 Å². The number of thiophene rings is 1. The molecule has 0 fully saturated rings. The molecule has 0 aliphatic heterocycles. The number of hydrogen-bond acceptors (Lipinski definition) is 3. The van der Waals surface area contributed by atoms with Gasteiger partial charge in [0.05, 0.1) is 9.75 Å². The van der Waals surface area contributed by atoms with E-state index < -0.39 is 11.2 Å². The molecule has 2 aliphatic carbocycles. The summed E-state index contributed by atoms with van der Waals surface area (Å²) in [6, 6.07) is 45.0. The molecular formula is C42H24Br4O2S. The Hall–Kier alpha value is -3.14. The first-order valence-electron chi connectivity index (χ1n) is 15.6. The van der Waals surface area contributed by atoms with E-state index >= 15 is 0 Å². The van der Waals surface area contributed by atoms with Crippen molar-refractivity contribution in [1.29, 1.82) is 0 Å². The van der Waals surface area contributed by atoms with Crippen LogP contribution in [0.4, 0.5) is 0 Å². The normalized spacial score (nSPS) is 14.7. The van der Waals surface area contributed by atoms with Crippen LogP contribution >= 0.6 is 75.1 Å². The molecule has 9 rings (SSSR count). The summed E-state index contributed by atoms with van der Waals surface area (Å²) in [6.45, 7) is 0. The van der Waals surface area contributed by atoms with E-state index in [1.54, 1.807) is 0 Å². The maximum Gasteiger partial charge on any atom is 0.151 e. The highest BCUT2D eigenvalue weighted by molar-refractivity contribution is 9.11. The molecule has 1 aromatic heterocycles. The summed E-state index contributed by atoms with van der Waals surface area (Å²) < 4.78 is 3.52. The van der Waals surface area contributed by atoms with E-state index in [4.69, 9.17) is 0 Å². The van der Waals surface area contributed by atoms with Crippen molar-refractivity contribution >= 4 is 75.1 Å². The molecule has 0 saturated carbocycles. The minimum atomic E-state index is -1.54. The van der Waals surface area contributed by atoms with Gasteiger partial charge in [-0.1, -0.05) is 149 Å². The summed E-state index contributed by atoms with van der Waals surface area (Å²) in [5, 5.41) is 27.2. The zero-order valence-corrected chi connectivity index (χ0v) is 32.7. The van der Waals surface area contributed by atoms with Crippen LogP contribution < -0.4 is 0 Å². The molecule has 0 amide bonds. The molecule has 0 bridgehead atoms. The Bertz CT molecular complexity index is 2200. The van der Waals surface area contributed by atoms with Gasteiger partial charge in [-0.25, -0.2) is 0 Å².